The van der Waals surface area contributed by atoms with E-state index in [2.05, 4.69) is 20.6 Å². The quantitative estimate of drug-likeness (QED) is 0.650. The molecule has 0 bridgehead atoms. The zero-order valence-corrected chi connectivity index (χ0v) is 12.3. The molecule has 0 aliphatic heterocycles. The molecule has 7 nitrogen and oxygen atoms in total. The van der Waals surface area contributed by atoms with Gasteiger partial charge in [-0.3, -0.25) is 10.1 Å². The smallest absolute Gasteiger partial charge is 0.329 e. The summed E-state index contributed by atoms with van der Waals surface area (Å²) in [6, 6.07) is 7.07. The molecule has 1 aromatic heterocycles. The highest BCUT2D eigenvalue weighted by molar-refractivity contribution is 6.30. The topological polar surface area (TPSA) is 93.0 Å². The minimum atomic E-state index is -0.518. The third-order valence-electron chi connectivity index (χ3n) is 2.91. The second kappa shape index (κ2) is 6.36. The molecule has 110 valence electrons. The molecule has 0 saturated carbocycles. The van der Waals surface area contributed by atoms with E-state index >= 15 is 0 Å². The zero-order chi connectivity index (χ0) is 15.4. The summed E-state index contributed by atoms with van der Waals surface area (Å²) in [7, 11) is 1.65. The number of nitro groups is 1. The SMILES string of the molecule is CNc1ncc([N+](=O)[O-])c(NC(C)c2ccc(Cl)cc2)n1. The Morgan fingerprint density at radius 1 is 1.33 bits per heavy atom. The van der Waals surface area contributed by atoms with Crippen LogP contribution < -0.4 is 10.6 Å². The molecule has 2 N–H and O–H groups in total. The number of rotatable bonds is 5. The molecule has 1 aromatic carbocycles. The molecule has 0 aliphatic rings. The van der Waals surface area contributed by atoms with E-state index in [0.29, 0.717) is 11.0 Å². The van der Waals surface area contributed by atoms with Crippen molar-refractivity contribution in [2.45, 2.75) is 13.0 Å². The predicted octanol–water partition coefficient (Wildman–Crippen LogP) is 3.25. The van der Waals surface area contributed by atoms with Crippen molar-refractivity contribution in [3.8, 4) is 0 Å². The Morgan fingerprint density at radius 3 is 2.57 bits per heavy atom. The highest BCUT2D eigenvalue weighted by atomic mass is 35.5. The fourth-order valence-corrected chi connectivity index (χ4v) is 1.90. The minimum Gasteiger partial charge on any atom is -0.358 e. The number of hydrogen-bond donors (Lipinski definition) is 2. The average molecular weight is 308 g/mol. The summed E-state index contributed by atoms with van der Waals surface area (Å²) >= 11 is 5.84. The van der Waals surface area contributed by atoms with Gasteiger partial charge in [0.25, 0.3) is 0 Å². The van der Waals surface area contributed by atoms with Gasteiger partial charge in [0.05, 0.1) is 11.0 Å². The van der Waals surface area contributed by atoms with Crippen LogP contribution in [0.2, 0.25) is 5.02 Å². The third kappa shape index (κ3) is 3.57. The van der Waals surface area contributed by atoms with E-state index in [1.807, 2.05) is 19.1 Å². The van der Waals surface area contributed by atoms with Crippen LogP contribution in [0.3, 0.4) is 0 Å². The van der Waals surface area contributed by atoms with Gasteiger partial charge in [0.15, 0.2) is 0 Å². The van der Waals surface area contributed by atoms with E-state index in [1.165, 1.54) is 6.20 Å². The monoisotopic (exact) mass is 307 g/mol. The van der Waals surface area contributed by atoms with Gasteiger partial charge >= 0.3 is 5.69 Å². The molecule has 1 unspecified atom stereocenters. The molecule has 0 aliphatic carbocycles. The standard InChI is InChI=1S/C13H14ClN5O2/c1-8(9-3-5-10(14)6-4-9)17-12-11(19(20)21)7-16-13(15-2)18-12/h3-8H,1-2H3,(H2,15,16,17,18). The van der Waals surface area contributed by atoms with Gasteiger partial charge in [-0.2, -0.15) is 4.98 Å². The molecule has 0 radical (unpaired) electrons. The van der Waals surface area contributed by atoms with Crippen LogP contribution in [-0.4, -0.2) is 21.9 Å². The number of anilines is 2. The van der Waals surface area contributed by atoms with Crippen molar-refractivity contribution in [3.05, 3.63) is 51.2 Å². The minimum absolute atomic E-state index is 0.166. The summed E-state index contributed by atoms with van der Waals surface area (Å²) in [6.07, 6.45) is 1.18. The van der Waals surface area contributed by atoms with Gasteiger partial charge in [0.2, 0.25) is 11.8 Å². The van der Waals surface area contributed by atoms with Crippen LogP contribution in [0.4, 0.5) is 17.5 Å². The van der Waals surface area contributed by atoms with Crippen LogP contribution in [0, 0.1) is 10.1 Å². The number of benzene rings is 1. The van der Waals surface area contributed by atoms with Crippen LogP contribution >= 0.6 is 11.6 Å². The molecule has 1 atom stereocenters. The molecule has 0 amide bonds. The highest BCUT2D eigenvalue weighted by Crippen LogP contribution is 2.26. The van der Waals surface area contributed by atoms with Crippen molar-refractivity contribution < 1.29 is 4.92 Å². The van der Waals surface area contributed by atoms with Gasteiger partial charge in [-0.15, -0.1) is 0 Å². The van der Waals surface area contributed by atoms with Crippen LogP contribution in [-0.2, 0) is 0 Å². The molecular weight excluding hydrogens is 294 g/mol. The summed E-state index contributed by atoms with van der Waals surface area (Å²) in [4.78, 5) is 18.5. The Labute approximate surface area is 126 Å². The van der Waals surface area contributed by atoms with Crippen molar-refractivity contribution in [1.82, 2.24) is 9.97 Å². The van der Waals surface area contributed by atoms with Crippen molar-refractivity contribution in [3.63, 3.8) is 0 Å². The molecule has 0 spiro atoms. The maximum absolute atomic E-state index is 11.0. The maximum Gasteiger partial charge on any atom is 0.329 e. The summed E-state index contributed by atoms with van der Waals surface area (Å²) in [5.74, 6) is 0.480. The van der Waals surface area contributed by atoms with E-state index in [9.17, 15) is 10.1 Å². The van der Waals surface area contributed by atoms with Crippen LogP contribution in [0.15, 0.2) is 30.5 Å². The molecule has 1 heterocycles. The van der Waals surface area contributed by atoms with Gasteiger partial charge in [-0.1, -0.05) is 23.7 Å². The second-order valence-corrected chi connectivity index (χ2v) is 4.79. The van der Waals surface area contributed by atoms with E-state index < -0.39 is 4.92 Å². The van der Waals surface area contributed by atoms with Gasteiger partial charge in [0, 0.05) is 12.1 Å². The Balaban J connectivity index is 2.28. The lowest BCUT2D eigenvalue weighted by Gasteiger charge is -2.15. The Bertz CT molecular complexity index is 648. The zero-order valence-electron chi connectivity index (χ0n) is 11.5. The molecule has 2 aromatic rings. The Kier molecular flexibility index (Phi) is 4.54. The predicted molar refractivity (Wildman–Crippen MR) is 81.7 cm³/mol. The molecule has 0 fully saturated rings. The first-order chi connectivity index (χ1) is 10.0. The van der Waals surface area contributed by atoms with Gasteiger partial charge in [0.1, 0.15) is 6.20 Å². The van der Waals surface area contributed by atoms with Gasteiger partial charge in [-0.05, 0) is 24.6 Å². The molecule has 21 heavy (non-hydrogen) atoms. The van der Waals surface area contributed by atoms with Gasteiger partial charge in [-0.25, -0.2) is 4.98 Å². The number of nitrogens with zero attached hydrogens (tertiary/aromatic N) is 3. The molecular formula is C13H14ClN5O2. The first kappa shape index (κ1) is 15.0. The van der Waals surface area contributed by atoms with Crippen molar-refractivity contribution in [2.24, 2.45) is 0 Å². The van der Waals surface area contributed by atoms with Gasteiger partial charge < -0.3 is 10.6 Å². The largest absolute Gasteiger partial charge is 0.358 e. The number of nitrogens with one attached hydrogen (secondary N) is 2. The van der Waals surface area contributed by atoms with E-state index in [1.54, 1.807) is 19.2 Å². The molecule has 8 heteroatoms. The normalized spacial score (nSPS) is 11.8. The lowest BCUT2D eigenvalue weighted by molar-refractivity contribution is -0.384. The highest BCUT2D eigenvalue weighted by Gasteiger charge is 2.19. The number of halogens is 1. The van der Waals surface area contributed by atoms with Crippen LogP contribution in [0.1, 0.15) is 18.5 Å². The van der Waals surface area contributed by atoms with Crippen LogP contribution in [0.25, 0.3) is 0 Å². The lowest BCUT2D eigenvalue weighted by atomic mass is 10.1. The van der Waals surface area contributed by atoms with E-state index in [0.717, 1.165) is 5.56 Å². The number of aromatic nitrogens is 2. The van der Waals surface area contributed by atoms with Crippen LogP contribution in [0.5, 0.6) is 0 Å². The summed E-state index contributed by atoms with van der Waals surface area (Å²) in [6.45, 7) is 1.88. The fraction of sp³-hybridized carbons (Fsp3) is 0.231. The van der Waals surface area contributed by atoms with E-state index in [4.69, 9.17) is 11.6 Å². The van der Waals surface area contributed by atoms with Crippen molar-refractivity contribution in [1.29, 1.82) is 0 Å². The average Bonchev–Trinajstić information content (AvgIpc) is 2.47. The lowest BCUT2D eigenvalue weighted by Crippen LogP contribution is -2.11. The summed E-state index contributed by atoms with van der Waals surface area (Å²) in [5, 5.41) is 17.4. The molecule has 2 rings (SSSR count). The first-order valence-electron chi connectivity index (χ1n) is 6.22. The Hall–Kier alpha value is -2.41. The fourth-order valence-electron chi connectivity index (χ4n) is 1.78. The van der Waals surface area contributed by atoms with Crippen molar-refractivity contribution in [2.75, 3.05) is 17.7 Å². The maximum atomic E-state index is 11.0. The molecule has 0 saturated heterocycles. The first-order valence-corrected chi connectivity index (χ1v) is 6.60. The van der Waals surface area contributed by atoms with E-state index in [-0.39, 0.29) is 17.5 Å². The third-order valence-corrected chi connectivity index (χ3v) is 3.16. The number of hydrogen-bond acceptors (Lipinski definition) is 6. The summed E-state index contributed by atoms with van der Waals surface area (Å²) in [5.41, 5.74) is 0.771. The summed E-state index contributed by atoms with van der Waals surface area (Å²) < 4.78 is 0. The second-order valence-electron chi connectivity index (χ2n) is 4.35. The Morgan fingerprint density at radius 2 is 2.00 bits per heavy atom. The van der Waals surface area contributed by atoms with Crippen molar-refractivity contribution >= 4 is 29.1 Å².